The third-order valence-corrected chi connectivity index (χ3v) is 5.83. The van der Waals surface area contributed by atoms with Gasteiger partial charge in [0.1, 0.15) is 18.1 Å². The van der Waals surface area contributed by atoms with Gasteiger partial charge in [0.05, 0.1) is 6.04 Å². The summed E-state index contributed by atoms with van der Waals surface area (Å²) in [5, 5.41) is 17.1. The van der Waals surface area contributed by atoms with Gasteiger partial charge in [-0.2, -0.15) is 11.8 Å². The van der Waals surface area contributed by atoms with Crippen LogP contribution in [0.15, 0.2) is 4.99 Å². The molecular formula is C22H42N8O6S. The first-order chi connectivity index (χ1) is 17.3. The summed E-state index contributed by atoms with van der Waals surface area (Å²) in [6.07, 6.45) is 2.63. The zero-order valence-corrected chi connectivity index (χ0v) is 22.5. The molecule has 4 unspecified atom stereocenters. The zero-order valence-electron chi connectivity index (χ0n) is 21.7. The molecule has 15 heteroatoms. The first kappa shape index (κ1) is 33.9. The highest BCUT2D eigenvalue weighted by atomic mass is 32.2. The molecule has 0 aliphatic heterocycles. The van der Waals surface area contributed by atoms with Crippen LogP contribution in [-0.2, 0) is 24.0 Å². The molecule has 14 nitrogen and oxygen atoms in total. The molecule has 0 saturated carbocycles. The molecule has 0 rings (SSSR count). The van der Waals surface area contributed by atoms with E-state index in [2.05, 4.69) is 20.9 Å². The van der Waals surface area contributed by atoms with E-state index in [-0.39, 0.29) is 50.5 Å². The maximum absolute atomic E-state index is 13.1. The number of aliphatic imine (C=N–C) groups is 1. The van der Waals surface area contributed by atoms with Gasteiger partial charge in [-0.15, -0.1) is 0 Å². The summed E-state index contributed by atoms with van der Waals surface area (Å²) in [4.78, 5) is 65.0. The molecule has 0 saturated heterocycles. The number of hydrogen-bond acceptors (Lipinski definition) is 8. The maximum atomic E-state index is 13.1. The molecule has 37 heavy (non-hydrogen) atoms. The van der Waals surface area contributed by atoms with Gasteiger partial charge < -0.3 is 44.0 Å². The number of amides is 4. The van der Waals surface area contributed by atoms with E-state index >= 15 is 0 Å². The van der Waals surface area contributed by atoms with E-state index in [4.69, 9.17) is 22.9 Å². The van der Waals surface area contributed by atoms with Crippen LogP contribution in [0.5, 0.6) is 0 Å². The third-order valence-electron chi connectivity index (χ3n) is 5.18. The lowest BCUT2D eigenvalue weighted by Gasteiger charge is -2.25. The number of thioether (sulfide) groups is 1. The van der Waals surface area contributed by atoms with Crippen molar-refractivity contribution < 1.29 is 29.1 Å². The summed E-state index contributed by atoms with van der Waals surface area (Å²) in [5.41, 5.74) is 21.6. The van der Waals surface area contributed by atoms with Crippen LogP contribution in [0.2, 0.25) is 0 Å². The first-order valence-electron chi connectivity index (χ1n) is 12.0. The van der Waals surface area contributed by atoms with Crippen LogP contribution in [0.4, 0.5) is 0 Å². The van der Waals surface area contributed by atoms with E-state index in [1.54, 1.807) is 0 Å². The molecule has 0 bridgehead atoms. The van der Waals surface area contributed by atoms with E-state index < -0.39 is 53.8 Å². The van der Waals surface area contributed by atoms with E-state index in [1.165, 1.54) is 11.8 Å². The van der Waals surface area contributed by atoms with Gasteiger partial charge in [-0.3, -0.25) is 24.2 Å². The van der Waals surface area contributed by atoms with Crippen molar-refractivity contribution in [3.8, 4) is 0 Å². The monoisotopic (exact) mass is 546 g/mol. The maximum Gasteiger partial charge on any atom is 0.326 e. The Labute approximate surface area is 221 Å². The van der Waals surface area contributed by atoms with Gasteiger partial charge >= 0.3 is 5.97 Å². The average Bonchev–Trinajstić information content (AvgIpc) is 2.80. The van der Waals surface area contributed by atoms with Crippen molar-refractivity contribution >= 4 is 47.3 Å². The summed E-state index contributed by atoms with van der Waals surface area (Å²) < 4.78 is 0. The number of nitrogens with one attached hydrogen (secondary N) is 3. The van der Waals surface area contributed by atoms with Crippen molar-refractivity contribution in [3.05, 3.63) is 0 Å². The summed E-state index contributed by atoms with van der Waals surface area (Å²) in [7, 11) is 0. The predicted octanol–water partition coefficient (Wildman–Crippen LogP) is -2.03. The number of nitrogens with two attached hydrogens (primary N) is 4. The highest BCUT2D eigenvalue weighted by Crippen LogP contribution is 2.08. The van der Waals surface area contributed by atoms with Gasteiger partial charge in [0, 0.05) is 13.0 Å². The molecule has 212 valence electrons. The van der Waals surface area contributed by atoms with Crippen LogP contribution in [0.1, 0.15) is 52.4 Å². The molecule has 0 radical (unpaired) electrons. The van der Waals surface area contributed by atoms with Crippen molar-refractivity contribution in [2.75, 3.05) is 18.6 Å². The molecule has 4 amide bonds. The number of guanidine groups is 1. The third kappa shape index (κ3) is 15.6. The number of nitrogens with zero attached hydrogens (tertiary/aromatic N) is 1. The second kappa shape index (κ2) is 18.2. The second-order valence-corrected chi connectivity index (χ2v) is 9.98. The standard InChI is InChI=1S/C22H42N8O6S/c1-12(2)11-16(21(35)36)30-19(33)14(5-4-9-27-22(25)26)29-20(34)15(8-10-37-3)28-18(32)13(23)6-7-17(24)31/h12-16H,4-11,23H2,1-3H3,(H2,24,31)(H,28,32)(H,29,34)(H,30,33)(H,35,36)(H4,25,26,27). The van der Waals surface area contributed by atoms with Gasteiger partial charge in [-0.1, -0.05) is 13.8 Å². The number of primary amides is 1. The number of rotatable bonds is 19. The van der Waals surface area contributed by atoms with Crippen LogP contribution in [0, 0.1) is 5.92 Å². The van der Waals surface area contributed by atoms with E-state index in [0.29, 0.717) is 12.2 Å². The van der Waals surface area contributed by atoms with Crippen molar-refractivity contribution in [1.29, 1.82) is 0 Å². The fourth-order valence-corrected chi connectivity index (χ4v) is 3.69. The fraction of sp³-hybridized carbons (Fsp3) is 0.727. The number of hydrogen-bond donors (Lipinski definition) is 8. The summed E-state index contributed by atoms with van der Waals surface area (Å²) in [5.74, 6) is -3.36. The van der Waals surface area contributed by atoms with Crippen molar-refractivity contribution in [2.24, 2.45) is 33.8 Å². The van der Waals surface area contributed by atoms with Crippen LogP contribution in [0.25, 0.3) is 0 Å². The SMILES string of the molecule is CSCCC(NC(=O)C(N)CCC(N)=O)C(=O)NC(CCCN=C(N)N)C(=O)NC(CC(C)C)C(=O)O. The molecule has 0 aliphatic carbocycles. The van der Waals surface area contributed by atoms with Gasteiger partial charge in [0.25, 0.3) is 0 Å². The Bertz CT molecular complexity index is 806. The first-order valence-corrected chi connectivity index (χ1v) is 13.4. The minimum atomic E-state index is -1.19. The molecule has 0 aromatic heterocycles. The topological polar surface area (TPSA) is 258 Å². The van der Waals surface area contributed by atoms with Crippen LogP contribution < -0.4 is 38.9 Å². The molecule has 0 fully saturated rings. The number of carboxylic acid groups (broad SMARTS) is 1. The van der Waals surface area contributed by atoms with Crippen molar-refractivity contribution in [2.45, 2.75) is 76.5 Å². The summed E-state index contributed by atoms with van der Waals surface area (Å²) in [6.45, 7) is 3.84. The molecule has 4 atom stereocenters. The largest absolute Gasteiger partial charge is 0.480 e. The number of carbonyl (C=O) groups is 5. The molecule has 0 aromatic rings. The Morgan fingerprint density at radius 1 is 0.865 bits per heavy atom. The highest BCUT2D eigenvalue weighted by Gasteiger charge is 2.30. The molecular weight excluding hydrogens is 504 g/mol. The number of carbonyl (C=O) groups excluding carboxylic acids is 4. The Morgan fingerprint density at radius 3 is 1.89 bits per heavy atom. The van der Waals surface area contributed by atoms with Crippen molar-refractivity contribution in [3.63, 3.8) is 0 Å². The normalized spacial score (nSPS) is 14.1. The Kier molecular flexibility index (Phi) is 16.7. The average molecular weight is 547 g/mol. The van der Waals surface area contributed by atoms with Crippen LogP contribution in [-0.4, -0.2) is 83.4 Å². The minimum Gasteiger partial charge on any atom is -0.480 e. The molecule has 0 heterocycles. The highest BCUT2D eigenvalue weighted by molar-refractivity contribution is 7.98. The lowest BCUT2D eigenvalue weighted by atomic mass is 10.0. The van der Waals surface area contributed by atoms with E-state index in [1.807, 2.05) is 20.1 Å². The fourth-order valence-electron chi connectivity index (χ4n) is 3.22. The minimum absolute atomic E-state index is 0.00113. The smallest absolute Gasteiger partial charge is 0.326 e. The predicted molar refractivity (Wildman–Crippen MR) is 142 cm³/mol. The molecule has 12 N–H and O–H groups in total. The Morgan fingerprint density at radius 2 is 1.41 bits per heavy atom. The molecule has 0 aromatic carbocycles. The van der Waals surface area contributed by atoms with Crippen LogP contribution in [0.3, 0.4) is 0 Å². The lowest BCUT2D eigenvalue weighted by Crippen LogP contribution is -2.57. The van der Waals surface area contributed by atoms with Gasteiger partial charge in [-0.05, 0) is 50.0 Å². The zero-order chi connectivity index (χ0) is 28.5. The Hall–Kier alpha value is -3.07. The van der Waals surface area contributed by atoms with Gasteiger partial charge in [-0.25, -0.2) is 4.79 Å². The van der Waals surface area contributed by atoms with E-state index in [9.17, 15) is 29.1 Å². The van der Waals surface area contributed by atoms with E-state index in [0.717, 1.165) is 0 Å². The molecule has 0 aliphatic rings. The Balaban J connectivity index is 5.59. The van der Waals surface area contributed by atoms with Gasteiger partial charge in [0.15, 0.2) is 5.96 Å². The van der Waals surface area contributed by atoms with Crippen LogP contribution >= 0.6 is 11.8 Å². The second-order valence-electron chi connectivity index (χ2n) is 8.99. The summed E-state index contributed by atoms with van der Waals surface area (Å²) in [6, 6.07) is -4.31. The van der Waals surface area contributed by atoms with Gasteiger partial charge in [0.2, 0.25) is 23.6 Å². The summed E-state index contributed by atoms with van der Waals surface area (Å²) >= 11 is 1.45. The number of carboxylic acids is 1. The van der Waals surface area contributed by atoms with Crippen molar-refractivity contribution in [1.82, 2.24) is 16.0 Å². The number of aliphatic carboxylic acids is 1. The lowest BCUT2D eigenvalue weighted by molar-refractivity contribution is -0.143. The molecule has 0 spiro atoms. The quantitative estimate of drug-likeness (QED) is 0.0500.